The zero-order valence-corrected chi connectivity index (χ0v) is 14.1. The molecular weight excluding hydrogens is 336 g/mol. The Morgan fingerprint density at radius 1 is 0.840 bits per heavy atom. The molecule has 3 aromatic rings. The Balaban J connectivity index is 1.56. The van der Waals surface area contributed by atoms with Gasteiger partial charge in [-0.3, -0.25) is 20.4 Å². The van der Waals surface area contributed by atoms with Gasteiger partial charge in [-0.15, -0.1) is 11.3 Å². The lowest BCUT2D eigenvalue weighted by atomic mass is 10.2. The summed E-state index contributed by atoms with van der Waals surface area (Å²) in [4.78, 5) is 25.2. The first-order chi connectivity index (χ1) is 12.2. The highest BCUT2D eigenvalue weighted by atomic mass is 32.1. The topological polar surface area (TPSA) is 67.4 Å². The molecule has 1 aromatic heterocycles. The number of amides is 2. The van der Waals surface area contributed by atoms with E-state index >= 15 is 0 Å². The zero-order valence-electron chi connectivity index (χ0n) is 13.3. The van der Waals surface area contributed by atoms with Gasteiger partial charge in [0.2, 0.25) is 0 Å². The summed E-state index contributed by atoms with van der Waals surface area (Å²) in [6, 6.07) is 19.4. The van der Waals surface area contributed by atoms with Gasteiger partial charge >= 0.3 is 0 Å². The average molecular weight is 352 g/mol. The van der Waals surface area contributed by atoms with Gasteiger partial charge in [0.1, 0.15) is 12.4 Å². The Kier molecular flexibility index (Phi) is 5.43. The maximum absolute atomic E-state index is 12.2. The van der Waals surface area contributed by atoms with E-state index in [0.717, 1.165) is 4.88 Å². The summed E-state index contributed by atoms with van der Waals surface area (Å²) in [7, 11) is 0. The zero-order chi connectivity index (χ0) is 17.5. The second-order valence-corrected chi connectivity index (χ2v) is 6.20. The Morgan fingerprint density at radius 3 is 2.28 bits per heavy atom. The van der Waals surface area contributed by atoms with E-state index in [1.807, 2.05) is 23.6 Å². The summed E-state index contributed by atoms with van der Waals surface area (Å²) in [6.45, 7) is 0.452. The first kappa shape index (κ1) is 16.7. The van der Waals surface area contributed by atoms with Crippen LogP contribution in [0.25, 0.3) is 0 Å². The molecule has 0 aliphatic heterocycles. The number of hydrogen-bond acceptors (Lipinski definition) is 4. The molecular formula is C19H16N2O3S. The van der Waals surface area contributed by atoms with E-state index in [2.05, 4.69) is 10.9 Å². The summed E-state index contributed by atoms with van der Waals surface area (Å²) in [6.07, 6.45) is 0. The molecule has 25 heavy (non-hydrogen) atoms. The maximum atomic E-state index is 12.2. The largest absolute Gasteiger partial charge is 0.488 e. The molecule has 0 fully saturated rings. The number of nitrogens with one attached hydrogen (secondary N) is 2. The van der Waals surface area contributed by atoms with Gasteiger partial charge in [0.25, 0.3) is 11.8 Å². The van der Waals surface area contributed by atoms with Crippen LogP contribution in [-0.4, -0.2) is 11.8 Å². The molecule has 6 heteroatoms. The number of hydrazine groups is 1. The molecule has 0 unspecified atom stereocenters. The highest BCUT2D eigenvalue weighted by Crippen LogP contribution is 2.17. The molecule has 0 atom stereocenters. The molecule has 126 valence electrons. The van der Waals surface area contributed by atoms with Crippen LogP contribution in [0.2, 0.25) is 0 Å². The van der Waals surface area contributed by atoms with E-state index in [1.54, 1.807) is 59.9 Å². The quantitative estimate of drug-likeness (QED) is 0.692. The molecule has 0 saturated carbocycles. The normalized spacial score (nSPS) is 10.1. The van der Waals surface area contributed by atoms with E-state index in [9.17, 15) is 9.59 Å². The lowest BCUT2D eigenvalue weighted by molar-refractivity contribution is 0.0846. The number of hydrogen-bond donors (Lipinski definition) is 2. The minimum absolute atomic E-state index is 0.376. The first-order valence-corrected chi connectivity index (χ1v) is 8.51. The average Bonchev–Trinajstić information content (AvgIpc) is 3.19. The van der Waals surface area contributed by atoms with E-state index < -0.39 is 5.91 Å². The minimum atomic E-state index is -0.411. The molecule has 2 N–H and O–H groups in total. The van der Waals surface area contributed by atoms with Crippen LogP contribution in [0.1, 0.15) is 25.6 Å². The molecule has 0 spiro atoms. The van der Waals surface area contributed by atoms with Crippen LogP contribution in [0.15, 0.2) is 72.1 Å². The summed E-state index contributed by atoms with van der Waals surface area (Å²) in [5.74, 6) is -0.194. The number of carbonyl (C=O) groups excluding carboxylic acids is 2. The molecule has 2 aromatic carbocycles. The number of carbonyl (C=O) groups is 2. The molecule has 0 saturated heterocycles. The smallest absolute Gasteiger partial charge is 0.269 e. The van der Waals surface area contributed by atoms with Gasteiger partial charge in [-0.25, -0.2) is 0 Å². The lowest BCUT2D eigenvalue weighted by Crippen LogP contribution is -2.41. The molecule has 0 bridgehead atoms. The number of ether oxygens (including phenoxy) is 1. The van der Waals surface area contributed by atoms with Crippen molar-refractivity contribution in [3.63, 3.8) is 0 Å². The van der Waals surface area contributed by atoms with Crippen molar-refractivity contribution in [1.29, 1.82) is 0 Å². The monoisotopic (exact) mass is 352 g/mol. The molecule has 0 aliphatic rings. The summed E-state index contributed by atoms with van der Waals surface area (Å²) in [5, 5.41) is 1.98. The van der Waals surface area contributed by atoms with Crippen LogP contribution < -0.4 is 15.6 Å². The first-order valence-electron chi connectivity index (χ1n) is 7.63. The molecule has 3 rings (SSSR count). The fourth-order valence-corrected chi connectivity index (χ4v) is 2.74. The van der Waals surface area contributed by atoms with Gasteiger partial charge in [-0.05, 0) is 41.8 Å². The van der Waals surface area contributed by atoms with Crippen LogP contribution in [0.5, 0.6) is 5.75 Å². The Morgan fingerprint density at radius 2 is 1.56 bits per heavy atom. The second-order valence-electron chi connectivity index (χ2n) is 5.17. The third-order valence-corrected chi connectivity index (χ3v) is 4.23. The van der Waals surface area contributed by atoms with Crippen LogP contribution in [0.4, 0.5) is 0 Å². The van der Waals surface area contributed by atoms with Gasteiger partial charge < -0.3 is 4.74 Å². The van der Waals surface area contributed by atoms with Crippen molar-refractivity contribution in [2.45, 2.75) is 6.61 Å². The van der Waals surface area contributed by atoms with Crippen molar-refractivity contribution in [3.8, 4) is 5.75 Å². The van der Waals surface area contributed by atoms with Gasteiger partial charge in [0.15, 0.2) is 0 Å². The van der Waals surface area contributed by atoms with E-state index in [1.165, 1.54) is 0 Å². The number of thiophene rings is 1. The predicted molar refractivity (Wildman–Crippen MR) is 96.5 cm³/mol. The Labute approximate surface area is 149 Å². The van der Waals surface area contributed by atoms with Crippen molar-refractivity contribution in [1.82, 2.24) is 10.9 Å². The standard InChI is InChI=1S/C19H16N2O3S/c22-18(14-6-2-1-3-7-14)20-21-19(23)15-8-4-9-16(12-15)24-13-17-10-5-11-25-17/h1-12H,13H2,(H,20,22)(H,21,23). The second kappa shape index (κ2) is 8.12. The van der Waals surface area contributed by atoms with Crippen molar-refractivity contribution >= 4 is 23.2 Å². The van der Waals surface area contributed by atoms with E-state index in [4.69, 9.17) is 4.74 Å². The number of benzene rings is 2. The maximum Gasteiger partial charge on any atom is 0.269 e. The van der Waals surface area contributed by atoms with Gasteiger partial charge in [0, 0.05) is 16.0 Å². The molecule has 2 amide bonds. The number of rotatable bonds is 5. The van der Waals surface area contributed by atoms with E-state index in [-0.39, 0.29) is 5.91 Å². The van der Waals surface area contributed by atoms with Crippen molar-refractivity contribution in [2.75, 3.05) is 0 Å². The van der Waals surface area contributed by atoms with Crippen molar-refractivity contribution in [2.24, 2.45) is 0 Å². The van der Waals surface area contributed by atoms with Gasteiger partial charge in [-0.1, -0.05) is 30.3 Å². The fraction of sp³-hybridized carbons (Fsp3) is 0.0526. The predicted octanol–water partition coefficient (Wildman–Crippen LogP) is 3.40. The Bertz CT molecular complexity index is 848. The molecule has 5 nitrogen and oxygen atoms in total. The van der Waals surface area contributed by atoms with Crippen molar-refractivity contribution in [3.05, 3.63) is 88.1 Å². The molecule has 1 heterocycles. The Hall–Kier alpha value is -3.12. The third kappa shape index (κ3) is 4.68. The summed E-state index contributed by atoms with van der Waals surface area (Å²) in [5.41, 5.74) is 5.66. The van der Waals surface area contributed by atoms with Crippen LogP contribution in [-0.2, 0) is 6.61 Å². The third-order valence-electron chi connectivity index (χ3n) is 3.38. The minimum Gasteiger partial charge on any atom is -0.488 e. The van der Waals surface area contributed by atoms with Crippen LogP contribution in [0, 0.1) is 0 Å². The molecule has 0 aliphatic carbocycles. The lowest BCUT2D eigenvalue weighted by Gasteiger charge is -2.09. The van der Waals surface area contributed by atoms with Gasteiger partial charge in [0.05, 0.1) is 0 Å². The van der Waals surface area contributed by atoms with Crippen molar-refractivity contribution < 1.29 is 14.3 Å². The summed E-state index contributed by atoms with van der Waals surface area (Å²) >= 11 is 1.61. The summed E-state index contributed by atoms with van der Waals surface area (Å²) < 4.78 is 5.68. The fourth-order valence-electron chi connectivity index (χ4n) is 2.12. The highest BCUT2D eigenvalue weighted by molar-refractivity contribution is 7.09. The van der Waals surface area contributed by atoms with Crippen LogP contribution in [0.3, 0.4) is 0 Å². The molecule has 0 radical (unpaired) electrons. The van der Waals surface area contributed by atoms with Gasteiger partial charge in [-0.2, -0.15) is 0 Å². The highest BCUT2D eigenvalue weighted by Gasteiger charge is 2.09. The van der Waals surface area contributed by atoms with E-state index in [0.29, 0.717) is 23.5 Å². The SMILES string of the molecule is O=C(NNC(=O)c1cccc(OCc2cccs2)c1)c1ccccc1. The van der Waals surface area contributed by atoms with Crippen LogP contribution >= 0.6 is 11.3 Å².